The number of carbonyl (C=O) groups excluding carboxylic acids is 3. The molecule has 8 heteroatoms. The summed E-state index contributed by atoms with van der Waals surface area (Å²) < 4.78 is 10.9. The minimum atomic E-state index is -0.667. The van der Waals surface area contributed by atoms with Crippen molar-refractivity contribution in [3.63, 3.8) is 0 Å². The molecule has 3 amide bonds. The van der Waals surface area contributed by atoms with Crippen LogP contribution in [0, 0.1) is 0 Å². The summed E-state index contributed by atoms with van der Waals surface area (Å²) in [5, 5.41) is 5.71. The predicted molar refractivity (Wildman–Crippen MR) is 130 cm³/mol. The quantitative estimate of drug-likeness (QED) is 0.523. The van der Waals surface area contributed by atoms with Gasteiger partial charge in [0.05, 0.1) is 23.0 Å². The molecule has 180 valence electrons. The van der Waals surface area contributed by atoms with Crippen molar-refractivity contribution in [1.29, 1.82) is 0 Å². The molecule has 35 heavy (non-hydrogen) atoms. The topological polar surface area (TPSA) is 111 Å². The van der Waals surface area contributed by atoms with E-state index in [-0.39, 0.29) is 6.04 Å². The summed E-state index contributed by atoms with van der Waals surface area (Å²) in [6.07, 6.45) is 9.85. The lowest BCUT2D eigenvalue weighted by Gasteiger charge is -2.22. The number of pyridine rings is 1. The van der Waals surface area contributed by atoms with E-state index in [0.29, 0.717) is 22.9 Å². The molecular weight excluding hydrogens is 446 g/mol. The number of nitrogens with one attached hydrogen (secondary N) is 2. The largest absolute Gasteiger partial charge is 0.465 e. The number of imide groups is 1. The number of allylic oxidation sites excluding steroid dienone is 1. The van der Waals surface area contributed by atoms with Crippen molar-refractivity contribution in [3.8, 4) is 0 Å². The number of ether oxygens (including phenoxy) is 1. The van der Waals surface area contributed by atoms with Gasteiger partial charge in [-0.25, -0.2) is 14.6 Å². The summed E-state index contributed by atoms with van der Waals surface area (Å²) in [4.78, 5) is 42.4. The highest BCUT2D eigenvalue weighted by Crippen LogP contribution is 2.36. The van der Waals surface area contributed by atoms with Crippen LogP contribution >= 0.6 is 0 Å². The van der Waals surface area contributed by atoms with Crippen LogP contribution < -0.4 is 10.6 Å². The molecule has 2 N–H and O–H groups in total. The van der Waals surface area contributed by atoms with Crippen LogP contribution in [0.4, 0.5) is 4.79 Å². The molecule has 0 spiro atoms. The summed E-state index contributed by atoms with van der Waals surface area (Å²) in [5.41, 5.74) is 3.63. The van der Waals surface area contributed by atoms with Crippen molar-refractivity contribution in [2.24, 2.45) is 0 Å². The summed E-state index contributed by atoms with van der Waals surface area (Å²) in [7, 11) is 0. The molecule has 2 heterocycles. The molecule has 1 saturated carbocycles. The van der Waals surface area contributed by atoms with Crippen LogP contribution in [-0.4, -0.2) is 35.5 Å². The monoisotopic (exact) mass is 473 g/mol. The number of aromatic nitrogens is 1. The number of carbonyl (C=O) groups is 3. The minimum Gasteiger partial charge on any atom is -0.465 e. The molecule has 1 fully saturated rings. The number of nitrogens with zero attached hydrogens (tertiary/aromatic N) is 1. The van der Waals surface area contributed by atoms with Crippen LogP contribution in [0.15, 0.2) is 47.1 Å². The number of hydrogen-bond donors (Lipinski definition) is 2. The Morgan fingerprint density at radius 2 is 1.89 bits per heavy atom. The summed E-state index contributed by atoms with van der Waals surface area (Å²) in [6.45, 7) is -0.544. The van der Waals surface area contributed by atoms with E-state index >= 15 is 0 Å². The molecule has 2 aliphatic carbocycles. The summed E-state index contributed by atoms with van der Waals surface area (Å²) in [6, 6.07) is 10.6. The van der Waals surface area contributed by atoms with E-state index in [0.717, 1.165) is 61.1 Å². The maximum atomic E-state index is 13.3. The number of para-hydroxylation sites is 1. The average Bonchev–Trinajstić information content (AvgIpc) is 3.56. The average molecular weight is 474 g/mol. The lowest BCUT2D eigenvalue weighted by molar-refractivity contribution is -0.123. The van der Waals surface area contributed by atoms with E-state index in [1.807, 2.05) is 42.5 Å². The summed E-state index contributed by atoms with van der Waals surface area (Å²) >= 11 is 0. The van der Waals surface area contributed by atoms with Gasteiger partial charge in [0.25, 0.3) is 5.91 Å². The zero-order valence-corrected chi connectivity index (χ0v) is 19.3. The van der Waals surface area contributed by atoms with Gasteiger partial charge in [0.2, 0.25) is 0 Å². The Morgan fingerprint density at radius 3 is 2.69 bits per heavy atom. The number of hydrogen-bond acceptors (Lipinski definition) is 6. The Hall–Kier alpha value is -3.94. The molecule has 0 bridgehead atoms. The number of esters is 1. The zero-order valence-electron chi connectivity index (χ0n) is 19.3. The van der Waals surface area contributed by atoms with Crippen molar-refractivity contribution in [2.75, 3.05) is 6.61 Å². The molecule has 0 atom stereocenters. The van der Waals surface area contributed by atoms with E-state index in [9.17, 15) is 14.4 Å². The van der Waals surface area contributed by atoms with Gasteiger partial charge in [-0.1, -0.05) is 31.0 Å². The van der Waals surface area contributed by atoms with Gasteiger partial charge in [-0.15, -0.1) is 0 Å². The standard InChI is InChI=1S/C27H27N3O5/c31-23(30-27(33)28-18-8-1-2-9-18)16-35-26(32)24-20-11-3-4-13-22(20)29-25-17(7-5-12-21(24)25)15-19-10-6-14-34-19/h3-4,6,10-11,13-15,18H,1-2,5,7-9,12,16H2,(H2,28,30,31,33). The summed E-state index contributed by atoms with van der Waals surface area (Å²) in [5.74, 6) is -0.551. The molecule has 0 radical (unpaired) electrons. The zero-order chi connectivity index (χ0) is 24.2. The molecular formula is C27H27N3O5. The van der Waals surface area contributed by atoms with Gasteiger partial charge in [0, 0.05) is 11.4 Å². The van der Waals surface area contributed by atoms with Crippen LogP contribution in [0.5, 0.6) is 0 Å². The maximum absolute atomic E-state index is 13.3. The molecule has 0 unspecified atom stereocenters. The Labute approximate surface area is 202 Å². The highest BCUT2D eigenvalue weighted by molar-refractivity contribution is 6.07. The molecule has 1 aromatic carbocycles. The van der Waals surface area contributed by atoms with Crippen molar-refractivity contribution in [3.05, 3.63) is 65.2 Å². The molecule has 8 nitrogen and oxygen atoms in total. The van der Waals surface area contributed by atoms with Gasteiger partial charge >= 0.3 is 12.0 Å². The van der Waals surface area contributed by atoms with E-state index < -0.39 is 24.5 Å². The number of rotatable bonds is 5. The van der Waals surface area contributed by atoms with Crippen LogP contribution in [0.1, 0.15) is 65.9 Å². The van der Waals surface area contributed by atoms with Gasteiger partial charge in [-0.2, -0.15) is 0 Å². The smallest absolute Gasteiger partial charge is 0.339 e. The maximum Gasteiger partial charge on any atom is 0.339 e. The SMILES string of the molecule is O=C(COC(=O)c1c2c(nc3ccccc13)C(=Cc1ccco1)CCC2)NC(=O)NC1CCCC1. The Balaban J connectivity index is 1.37. The van der Waals surface area contributed by atoms with Crippen molar-refractivity contribution < 1.29 is 23.5 Å². The lowest BCUT2D eigenvalue weighted by Crippen LogP contribution is -2.45. The molecule has 3 aromatic rings. The van der Waals surface area contributed by atoms with Gasteiger partial charge in [0.15, 0.2) is 6.61 Å². The Bertz CT molecular complexity index is 1290. The predicted octanol–water partition coefficient (Wildman–Crippen LogP) is 4.63. The van der Waals surface area contributed by atoms with E-state index in [1.165, 1.54) is 0 Å². The molecule has 2 aromatic heterocycles. The van der Waals surface area contributed by atoms with Gasteiger partial charge in [0.1, 0.15) is 5.76 Å². The van der Waals surface area contributed by atoms with E-state index in [1.54, 1.807) is 6.26 Å². The number of amides is 3. The fourth-order valence-corrected chi connectivity index (χ4v) is 4.91. The van der Waals surface area contributed by atoms with Gasteiger partial charge < -0.3 is 14.5 Å². The molecule has 2 aliphatic rings. The fourth-order valence-electron chi connectivity index (χ4n) is 4.91. The third kappa shape index (κ3) is 5.11. The highest BCUT2D eigenvalue weighted by Gasteiger charge is 2.27. The molecule has 0 aliphatic heterocycles. The third-order valence-electron chi connectivity index (χ3n) is 6.51. The first kappa shape index (κ1) is 22.8. The normalized spacial score (nSPS) is 16.7. The van der Waals surface area contributed by atoms with Crippen LogP contribution in [-0.2, 0) is 16.0 Å². The Kier molecular flexibility index (Phi) is 6.61. The van der Waals surface area contributed by atoms with E-state index in [2.05, 4.69) is 10.6 Å². The second-order valence-electron chi connectivity index (χ2n) is 8.95. The van der Waals surface area contributed by atoms with Gasteiger partial charge in [-0.3, -0.25) is 10.1 Å². The minimum absolute atomic E-state index is 0.0866. The second kappa shape index (κ2) is 10.1. The van der Waals surface area contributed by atoms with Crippen molar-refractivity contribution in [1.82, 2.24) is 15.6 Å². The Morgan fingerprint density at radius 1 is 1.06 bits per heavy atom. The number of benzene rings is 1. The number of fused-ring (bicyclic) bond motifs is 2. The number of urea groups is 1. The fraction of sp³-hybridized carbons (Fsp3) is 0.333. The van der Waals surface area contributed by atoms with Gasteiger partial charge in [-0.05, 0) is 67.5 Å². The van der Waals surface area contributed by atoms with Crippen molar-refractivity contribution in [2.45, 2.75) is 51.0 Å². The second-order valence-corrected chi connectivity index (χ2v) is 8.95. The van der Waals surface area contributed by atoms with Crippen LogP contribution in [0.25, 0.3) is 22.6 Å². The third-order valence-corrected chi connectivity index (χ3v) is 6.51. The highest BCUT2D eigenvalue weighted by atomic mass is 16.5. The first-order chi connectivity index (χ1) is 17.1. The first-order valence-electron chi connectivity index (χ1n) is 12.0. The lowest BCUT2D eigenvalue weighted by atomic mass is 9.86. The van der Waals surface area contributed by atoms with Crippen molar-refractivity contribution >= 4 is 40.5 Å². The molecule has 5 rings (SSSR count). The first-order valence-corrected chi connectivity index (χ1v) is 12.0. The van der Waals surface area contributed by atoms with Crippen LogP contribution in [0.2, 0.25) is 0 Å². The number of furan rings is 1. The molecule has 0 saturated heterocycles. The van der Waals surface area contributed by atoms with Crippen LogP contribution in [0.3, 0.4) is 0 Å². The van der Waals surface area contributed by atoms with E-state index in [4.69, 9.17) is 14.1 Å².